The van der Waals surface area contributed by atoms with Gasteiger partial charge in [-0.3, -0.25) is 4.79 Å². The van der Waals surface area contributed by atoms with Gasteiger partial charge in [-0.05, 0) is 62.4 Å². The summed E-state index contributed by atoms with van der Waals surface area (Å²) >= 11 is 3.43. The Balaban J connectivity index is 1.92. The topological polar surface area (TPSA) is 83.9 Å². The Morgan fingerprint density at radius 1 is 1.15 bits per heavy atom. The molecule has 180 valence electrons. The molecule has 0 spiro atoms. The van der Waals surface area contributed by atoms with Crippen LogP contribution in [0.15, 0.2) is 57.9 Å². The summed E-state index contributed by atoms with van der Waals surface area (Å²) in [4.78, 5) is 13.9. The normalized spacial score (nSPS) is 22.4. The van der Waals surface area contributed by atoms with Gasteiger partial charge < -0.3 is 9.84 Å². The quantitative estimate of drug-likeness (QED) is 0.531. The Hall–Kier alpha value is -1.58. The molecule has 1 aliphatic heterocycles. The molecule has 1 N–H and O–H groups in total. The number of Topliss-reactive ketones (excluding diaryl/α,β-unsaturated/α-hetero) is 1. The van der Waals surface area contributed by atoms with Gasteiger partial charge in [0.2, 0.25) is 10.0 Å². The molecule has 0 radical (unpaired) electrons. The highest BCUT2D eigenvalue weighted by Gasteiger charge is 2.41. The Morgan fingerprint density at radius 3 is 2.45 bits per heavy atom. The lowest BCUT2D eigenvalue weighted by molar-refractivity contribution is -0.148. The average Bonchev–Trinajstić information content (AvgIpc) is 2.79. The van der Waals surface area contributed by atoms with Crippen LogP contribution in [0.2, 0.25) is 0 Å². The first-order valence-electron chi connectivity index (χ1n) is 11.2. The summed E-state index contributed by atoms with van der Waals surface area (Å²) in [6.45, 7) is 3.71. The van der Waals surface area contributed by atoms with E-state index in [0.717, 1.165) is 10.0 Å². The smallest absolute Gasteiger partial charge is 0.243 e. The Bertz CT molecular complexity index is 1060. The SMILES string of the molecule is COC(O)[C@H](Cc1ccc(Br)cc1)C1CCCCN(S(=O)(=O)c2ccccc2C)[C@@H](C)C1=O. The standard InChI is InChI=1S/C25H32BrNO5S/c1-17-8-4-5-10-23(17)33(30,31)27-15-7-6-9-21(24(28)18(27)2)22(25(29)32-3)16-19-11-13-20(26)14-12-19/h4-5,8,10-14,18,21-22,25,29H,6-7,9,15-16H2,1-3H3/t18-,21?,22+,25?/m0/s1. The second kappa shape index (κ2) is 11.2. The summed E-state index contributed by atoms with van der Waals surface area (Å²) in [6.07, 6.45) is 1.25. The van der Waals surface area contributed by atoms with Crippen molar-refractivity contribution < 1.29 is 23.1 Å². The number of nitrogens with zero attached hydrogens (tertiary/aromatic N) is 1. The summed E-state index contributed by atoms with van der Waals surface area (Å²) in [5.74, 6) is -1.18. The van der Waals surface area contributed by atoms with Gasteiger partial charge in [-0.15, -0.1) is 0 Å². The molecule has 0 saturated carbocycles. The van der Waals surface area contributed by atoms with Gasteiger partial charge in [0.1, 0.15) is 0 Å². The number of carbonyl (C=O) groups is 1. The molecule has 0 aromatic heterocycles. The molecule has 4 atom stereocenters. The van der Waals surface area contributed by atoms with Gasteiger partial charge in [0, 0.05) is 30.0 Å². The first-order chi connectivity index (χ1) is 15.7. The summed E-state index contributed by atoms with van der Waals surface area (Å²) in [7, 11) is -2.42. The van der Waals surface area contributed by atoms with E-state index in [9.17, 15) is 18.3 Å². The molecule has 1 fully saturated rings. The number of carbonyl (C=O) groups excluding carboxylic acids is 1. The van der Waals surface area contributed by atoms with Gasteiger partial charge in [-0.1, -0.05) is 52.7 Å². The minimum Gasteiger partial charge on any atom is -0.368 e. The van der Waals surface area contributed by atoms with Crippen LogP contribution in [0.3, 0.4) is 0 Å². The van der Waals surface area contributed by atoms with Crippen molar-refractivity contribution in [2.45, 2.75) is 56.8 Å². The van der Waals surface area contributed by atoms with E-state index in [1.165, 1.54) is 11.4 Å². The number of hydrogen-bond donors (Lipinski definition) is 1. The Kier molecular flexibility index (Phi) is 8.86. The third-order valence-corrected chi connectivity index (χ3v) is 9.20. The number of ether oxygens (including phenoxy) is 1. The number of benzene rings is 2. The highest BCUT2D eigenvalue weighted by molar-refractivity contribution is 9.10. The third kappa shape index (κ3) is 5.92. The zero-order valence-electron chi connectivity index (χ0n) is 19.3. The fourth-order valence-electron chi connectivity index (χ4n) is 4.65. The molecule has 33 heavy (non-hydrogen) atoms. The number of methoxy groups -OCH3 is 1. The Morgan fingerprint density at radius 2 is 1.82 bits per heavy atom. The lowest BCUT2D eigenvalue weighted by Gasteiger charge is -2.36. The zero-order valence-corrected chi connectivity index (χ0v) is 21.7. The van der Waals surface area contributed by atoms with Gasteiger partial charge in [-0.2, -0.15) is 4.31 Å². The molecule has 0 amide bonds. The van der Waals surface area contributed by atoms with Crippen LogP contribution in [-0.4, -0.2) is 49.6 Å². The van der Waals surface area contributed by atoms with Crippen LogP contribution in [0, 0.1) is 18.8 Å². The number of rotatable bonds is 7. The molecule has 2 aromatic carbocycles. The van der Waals surface area contributed by atoms with Crippen LogP contribution < -0.4 is 0 Å². The number of aliphatic hydroxyl groups is 1. The van der Waals surface area contributed by atoms with E-state index in [-0.39, 0.29) is 10.7 Å². The number of halogens is 1. The van der Waals surface area contributed by atoms with Crippen LogP contribution in [0.1, 0.15) is 37.3 Å². The van der Waals surface area contributed by atoms with Gasteiger partial charge >= 0.3 is 0 Å². The Labute approximate surface area is 205 Å². The summed E-state index contributed by atoms with van der Waals surface area (Å²) < 4.78 is 34.6. The number of aliphatic hydroxyl groups excluding tert-OH is 1. The van der Waals surface area contributed by atoms with Crippen molar-refractivity contribution in [3.8, 4) is 0 Å². The van der Waals surface area contributed by atoms with Crippen LogP contribution in [-0.2, 0) is 26.0 Å². The predicted molar refractivity (Wildman–Crippen MR) is 131 cm³/mol. The molecule has 2 aromatic rings. The maximum absolute atomic E-state index is 13.7. The zero-order chi connectivity index (χ0) is 24.2. The number of sulfonamides is 1. The molecule has 0 aliphatic carbocycles. The minimum atomic E-state index is -3.84. The lowest BCUT2D eigenvalue weighted by atomic mass is 9.78. The van der Waals surface area contributed by atoms with E-state index >= 15 is 0 Å². The fourth-order valence-corrected chi connectivity index (χ4v) is 6.79. The monoisotopic (exact) mass is 537 g/mol. The first-order valence-corrected chi connectivity index (χ1v) is 13.5. The van der Waals surface area contributed by atoms with Crippen molar-refractivity contribution in [2.75, 3.05) is 13.7 Å². The molecule has 0 bridgehead atoms. The molecule has 3 rings (SSSR count). The third-order valence-electron chi connectivity index (χ3n) is 6.54. The van der Waals surface area contributed by atoms with Crippen molar-refractivity contribution in [1.82, 2.24) is 4.31 Å². The van der Waals surface area contributed by atoms with Crippen molar-refractivity contribution >= 4 is 31.7 Å². The van der Waals surface area contributed by atoms with E-state index in [4.69, 9.17) is 4.74 Å². The number of aryl methyl sites for hydroxylation is 1. The van der Waals surface area contributed by atoms with Crippen LogP contribution in [0.25, 0.3) is 0 Å². The molecule has 8 heteroatoms. The van der Waals surface area contributed by atoms with Crippen LogP contribution in [0.5, 0.6) is 0 Å². The largest absolute Gasteiger partial charge is 0.368 e. The average molecular weight is 539 g/mol. The highest BCUT2D eigenvalue weighted by Crippen LogP contribution is 2.33. The predicted octanol–water partition coefficient (Wildman–Crippen LogP) is 4.33. The van der Waals surface area contributed by atoms with E-state index in [0.29, 0.717) is 37.8 Å². The van der Waals surface area contributed by atoms with Crippen LogP contribution in [0.4, 0.5) is 0 Å². The number of ketones is 1. The summed E-state index contributed by atoms with van der Waals surface area (Å²) in [5, 5.41) is 10.7. The van der Waals surface area contributed by atoms with E-state index in [1.807, 2.05) is 24.3 Å². The maximum atomic E-state index is 13.7. The maximum Gasteiger partial charge on any atom is 0.243 e. The summed E-state index contributed by atoms with van der Waals surface area (Å²) in [5.41, 5.74) is 1.63. The van der Waals surface area contributed by atoms with Crippen molar-refractivity contribution in [3.63, 3.8) is 0 Å². The number of hydrogen-bond acceptors (Lipinski definition) is 5. The lowest BCUT2D eigenvalue weighted by Crippen LogP contribution is -2.50. The minimum absolute atomic E-state index is 0.176. The van der Waals surface area contributed by atoms with Gasteiger partial charge in [0.25, 0.3) is 0 Å². The molecular weight excluding hydrogens is 506 g/mol. The molecule has 1 aliphatic rings. The van der Waals surface area contributed by atoms with Gasteiger partial charge in [-0.25, -0.2) is 8.42 Å². The molecule has 6 nitrogen and oxygen atoms in total. The van der Waals surface area contributed by atoms with E-state index < -0.39 is 34.2 Å². The first kappa shape index (κ1) is 26.0. The van der Waals surface area contributed by atoms with Crippen molar-refractivity contribution in [1.29, 1.82) is 0 Å². The second-order valence-electron chi connectivity index (χ2n) is 8.68. The van der Waals surface area contributed by atoms with Crippen molar-refractivity contribution in [2.24, 2.45) is 11.8 Å². The second-order valence-corrected chi connectivity index (χ2v) is 11.5. The van der Waals surface area contributed by atoms with Gasteiger partial charge in [0.15, 0.2) is 12.1 Å². The molecule has 1 heterocycles. The van der Waals surface area contributed by atoms with Crippen molar-refractivity contribution in [3.05, 3.63) is 64.1 Å². The highest BCUT2D eigenvalue weighted by atomic mass is 79.9. The van der Waals surface area contributed by atoms with Gasteiger partial charge in [0.05, 0.1) is 10.9 Å². The van der Waals surface area contributed by atoms with Crippen LogP contribution >= 0.6 is 15.9 Å². The molecular formula is C25H32BrNO5S. The van der Waals surface area contributed by atoms with E-state index in [2.05, 4.69) is 15.9 Å². The molecule has 1 saturated heterocycles. The molecule has 2 unspecified atom stereocenters. The van der Waals surface area contributed by atoms with E-state index in [1.54, 1.807) is 38.1 Å². The summed E-state index contributed by atoms with van der Waals surface area (Å²) in [6, 6.07) is 13.7. The fraction of sp³-hybridized carbons (Fsp3) is 0.480.